The Kier molecular flexibility index (Phi) is 9.74. The molecular formula is C24H31N3O5. The standard InChI is InChI=1S/C12H13NO2.C7H8N2O2.C5H10O/c1-8-12(2,3)10-6-9(15-7-14)4-5-11(10)13-8;8-9-6-3-1-5(2-4-6)7(10)11;1-4(2)5(3)6/h4-7H,1-3H3;1-4,9H,8H2,(H,10,11);4H,1-3H3. The lowest BCUT2D eigenvalue weighted by Crippen LogP contribution is -2.22. The summed E-state index contributed by atoms with van der Waals surface area (Å²) < 4.78 is 4.83. The predicted molar refractivity (Wildman–Crippen MR) is 126 cm³/mol. The molecule has 32 heavy (non-hydrogen) atoms. The van der Waals surface area contributed by atoms with Crippen molar-refractivity contribution in [1.82, 2.24) is 0 Å². The van der Waals surface area contributed by atoms with E-state index in [1.54, 1.807) is 25.1 Å². The molecule has 0 fully saturated rings. The summed E-state index contributed by atoms with van der Waals surface area (Å²) in [6.45, 7) is 12.1. The first kappa shape index (κ1) is 26.5. The number of carbonyl (C=O) groups excluding carboxylic acids is 2. The van der Waals surface area contributed by atoms with E-state index in [0.29, 0.717) is 17.9 Å². The van der Waals surface area contributed by atoms with E-state index in [1.165, 1.54) is 12.1 Å². The molecule has 0 radical (unpaired) electrons. The summed E-state index contributed by atoms with van der Waals surface area (Å²) in [6, 6.07) is 11.7. The van der Waals surface area contributed by atoms with E-state index in [0.717, 1.165) is 17.0 Å². The number of ether oxygens (including phenoxy) is 1. The number of nitrogens with two attached hydrogens (primary N) is 1. The summed E-state index contributed by atoms with van der Waals surface area (Å²) in [5.74, 6) is 5.19. The zero-order valence-electron chi connectivity index (χ0n) is 19.3. The molecule has 0 aliphatic carbocycles. The second-order valence-corrected chi connectivity index (χ2v) is 8.01. The van der Waals surface area contributed by atoms with E-state index in [1.807, 2.05) is 32.9 Å². The summed E-state index contributed by atoms with van der Waals surface area (Å²) in [5.41, 5.74) is 6.43. The van der Waals surface area contributed by atoms with Crippen LogP contribution in [0.1, 0.15) is 57.5 Å². The molecule has 172 valence electrons. The summed E-state index contributed by atoms with van der Waals surface area (Å²) in [5, 5.41) is 8.50. The monoisotopic (exact) mass is 441 g/mol. The van der Waals surface area contributed by atoms with Crippen LogP contribution >= 0.6 is 0 Å². The van der Waals surface area contributed by atoms with Crippen LogP contribution in [0.5, 0.6) is 5.75 Å². The number of aromatic carboxylic acids is 1. The maximum atomic E-state index is 10.3. The van der Waals surface area contributed by atoms with Crippen molar-refractivity contribution in [2.24, 2.45) is 16.8 Å². The number of anilines is 1. The molecule has 0 spiro atoms. The van der Waals surface area contributed by atoms with Crippen molar-refractivity contribution in [2.45, 2.75) is 47.0 Å². The largest absolute Gasteiger partial charge is 0.478 e. The number of carboxylic acid groups (broad SMARTS) is 1. The molecule has 3 rings (SSSR count). The number of nitrogens with zero attached hydrogens (tertiary/aromatic N) is 1. The summed E-state index contributed by atoms with van der Waals surface area (Å²) in [6.07, 6.45) is 0. The molecule has 4 N–H and O–H groups in total. The fraction of sp³-hybridized carbons (Fsp3) is 0.333. The fourth-order valence-corrected chi connectivity index (χ4v) is 2.47. The lowest BCUT2D eigenvalue weighted by atomic mass is 9.82. The molecule has 8 heteroatoms. The number of hydrazine groups is 1. The van der Waals surface area contributed by atoms with Gasteiger partial charge in [0.2, 0.25) is 0 Å². The highest BCUT2D eigenvalue weighted by Gasteiger charge is 2.32. The number of nitrogens with one attached hydrogen (secondary N) is 1. The number of rotatable bonds is 5. The van der Waals surface area contributed by atoms with Crippen molar-refractivity contribution < 1.29 is 24.2 Å². The molecule has 0 saturated carbocycles. The molecule has 8 nitrogen and oxygen atoms in total. The second-order valence-electron chi connectivity index (χ2n) is 8.01. The number of benzene rings is 2. The van der Waals surface area contributed by atoms with Crippen LogP contribution in [-0.4, -0.2) is 29.0 Å². The van der Waals surface area contributed by atoms with E-state index in [9.17, 15) is 14.4 Å². The van der Waals surface area contributed by atoms with Crippen LogP contribution in [0.25, 0.3) is 0 Å². The molecule has 0 bridgehead atoms. The van der Waals surface area contributed by atoms with Gasteiger partial charge < -0.3 is 15.3 Å². The van der Waals surface area contributed by atoms with Crippen molar-refractivity contribution in [2.75, 3.05) is 5.43 Å². The number of Topliss-reactive ketones (excluding diaryl/α,β-unsaturated/α-hetero) is 1. The van der Waals surface area contributed by atoms with Crippen LogP contribution in [0.15, 0.2) is 47.5 Å². The van der Waals surface area contributed by atoms with E-state index in [-0.39, 0.29) is 22.7 Å². The van der Waals surface area contributed by atoms with Gasteiger partial charge in [0.05, 0.1) is 11.3 Å². The topological polar surface area (TPSA) is 131 Å². The summed E-state index contributed by atoms with van der Waals surface area (Å²) in [4.78, 5) is 35.2. The highest BCUT2D eigenvalue weighted by atomic mass is 16.5. The van der Waals surface area contributed by atoms with E-state index >= 15 is 0 Å². The minimum Gasteiger partial charge on any atom is -0.478 e. The number of nitrogen functional groups attached to an aromatic ring is 1. The molecular weight excluding hydrogens is 410 g/mol. The molecule has 1 heterocycles. The van der Waals surface area contributed by atoms with Crippen molar-refractivity contribution in [1.29, 1.82) is 0 Å². The molecule has 2 aromatic rings. The first-order valence-electron chi connectivity index (χ1n) is 10.0. The van der Waals surface area contributed by atoms with Crippen LogP contribution < -0.4 is 16.0 Å². The Morgan fingerprint density at radius 3 is 2.16 bits per heavy atom. The van der Waals surface area contributed by atoms with Crippen LogP contribution in [0.3, 0.4) is 0 Å². The summed E-state index contributed by atoms with van der Waals surface area (Å²) in [7, 11) is 0. The first-order chi connectivity index (χ1) is 14.9. The minimum atomic E-state index is -0.937. The lowest BCUT2D eigenvalue weighted by Gasteiger charge is -2.19. The SMILES string of the molecule is CC(=O)C(C)C.CC1=Nc2ccc(OC=O)cc2C1(C)C.NNc1ccc(C(=O)O)cc1. The molecule has 0 amide bonds. The van der Waals surface area contributed by atoms with E-state index in [4.69, 9.17) is 15.7 Å². The van der Waals surface area contributed by atoms with E-state index < -0.39 is 5.97 Å². The molecule has 0 atom stereocenters. The van der Waals surface area contributed by atoms with Crippen LogP contribution in [-0.2, 0) is 15.0 Å². The van der Waals surface area contributed by atoms with Gasteiger partial charge in [-0.2, -0.15) is 0 Å². The molecule has 1 aliphatic rings. The Hall–Kier alpha value is -3.52. The molecule has 0 unspecified atom stereocenters. The Morgan fingerprint density at radius 1 is 1.16 bits per heavy atom. The number of aliphatic imine (C=N–C) groups is 1. The Morgan fingerprint density at radius 2 is 1.72 bits per heavy atom. The quantitative estimate of drug-likeness (QED) is 0.353. The van der Waals surface area contributed by atoms with Gasteiger partial charge in [0.15, 0.2) is 0 Å². The highest BCUT2D eigenvalue weighted by Crippen LogP contribution is 2.41. The van der Waals surface area contributed by atoms with Crippen LogP contribution in [0.4, 0.5) is 11.4 Å². The third-order valence-corrected chi connectivity index (χ3v) is 5.13. The zero-order chi connectivity index (χ0) is 24.5. The number of carbonyl (C=O) groups is 3. The highest BCUT2D eigenvalue weighted by molar-refractivity contribution is 5.99. The van der Waals surface area contributed by atoms with Crippen molar-refractivity contribution >= 4 is 35.3 Å². The normalized spacial score (nSPS) is 12.8. The Bertz CT molecular complexity index is 980. The van der Waals surface area contributed by atoms with Gasteiger partial charge in [-0.3, -0.25) is 20.4 Å². The molecule has 0 aromatic heterocycles. The number of ketones is 1. The Balaban J connectivity index is 0.000000265. The smallest absolute Gasteiger partial charge is 0.335 e. The third-order valence-electron chi connectivity index (χ3n) is 5.13. The van der Waals surface area contributed by atoms with Gasteiger partial charge in [0, 0.05) is 22.7 Å². The fourth-order valence-electron chi connectivity index (χ4n) is 2.47. The van der Waals surface area contributed by atoms with Gasteiger partial charge in [-0.05, 0) is 61.9 Å². The predicted octanol–water partition coefficient (Wildman–Crippen LogP) is 4.51. The minimum absolute atomic E-state index is 0.0718. The van der Waals surface area contributed by atoms with Gasteiger partial charge in [-0.1, -0.05) is 27.7 Å². The number of hydrogen-bond acceptors (Lipinski definition) is 7. The molecule has 1 aliphatic heterocycles. The average molecular weight is 442 g/mol. The van der Waals surface area contributed by atoms with Crippen molar-refractivity contribution in [3.63, 3.8) is 0 Å². The van der Waals surface area contributed by atoms with Crippen molar-refractivity contribution in [3.8, 4) is 5.75 Å². The van der Waals surface area contributed by atoms with Crippen LogP contribution in [0, 0.1) is 5.92 Å². The second kappa shape index (κ2) is 11.8. The van der Waals surface area contributed by atoms with Gasteiger partial charge in [0.1, 0.15) is 11.5 Å². The maximum Gasteiger partial charge on any atom is 0.335 e. The number of fused-ring (bicyclic) bond motifs is 1. The summed E-state index contributed by atoms with van der Waals surface area (Å²) >= 11 is 0. The Labute approximate surface area is 188 Å². The van der Waals surface area contributed by atoms with Gasteiger partial charge >= 0.3 is 5.97 Å². The third kappa shape index (κ3) is 7.31. The maximum absolute atomic E-state index is 10.3. The van der Waals surface area contributed by atoms with Gasteiger partial charge in [-0.25, -0.2) is 4.79 Å². The van der Waals surface area contributed by atoms with Gasteiger partial charge in [0.25, 0.3) is 6.47 Å². The zero-order valence-corrected chi connectivity index (χ0v) is 19.3. The van der Waals surface area contributed by atoms with Crippen LogP contribution in [0.2, 0.25) is 0 Å². The van der Waals surface area contributed by atoms with E-state index in [2.05, 4.69) is 24.3 Å². The van der Waals surface area contributed by atoms with Crippen molar-refractivity contribution in [3.05, 3.63) is 53.6 Å². The molecule has 0 saturated heterocycles. The molecule has 2 aromatic carbocycles. The number of carboxylic acids is 1. The average Bonchev–Trinajstić information content (AvgIpc) is 2.97. The van der Waals surface area contributed by atoms with Gasteiger partial charge in [-0.15, -0.1) is 0 Å². The number of hydrogen-bond donors (Lipinski definition) is 3. The first-order valence-corrected chi connectivity index (χ1v) is 10.0. The lowest BCUT2D eigenvalue weighted by molar-refractivity contribution is -0.121.